The minimum Gasteiger partial charge on any atom is -0.403 e. The number of nitrogens with one attached hydrogen (secondary N) is 1. The number of amides is 1. The maximum atomic E-state index is 12.4. The molecule has 0 aromatic carbocycles. The molecule has 5 nitrogen and oxygen atoms in total. The Balaban J connectivity index is 2.38. The molecule has 1 saturated carbocycles. The highest BCUT2D eigenvalue weighted by molar-refractivity contribution is 6.02. The molecule has 0 aromatic rings. The molecule has 18 heavy (non-hydrogen) atoms. The van der Waals surface area contributed by atoms with Crippen LogP contribution >= 0.6 is 0 Å². The number of hydrogen-bond acceptors (Lipinski definition) is 3. The van der Waals surface area contributed by atoms with Gasteiger partial charge < -0.3 is 15.5 Å². The van der Waals surface area contributed by atoms with E-state index in [4.69, 9.17) is 11.1 Å². The molecule has 2 fully saturated rings. The van der Waals surface area contributed by atoms with Gasteiger partial charge in [0.2, 0.25) is 5.91 Å². The highest BCUT2D eigenvalue weighted by Gasteiger charge is 2.42. The Morgan fingerprint density at radius 3 is 2.50 bits per heavy atom. The van der Waals surface area contributed by atoms with Crippen LogP contribution in [0, 0.1) is 10.8 Å². The highest BCUT2D eigenvalue weighted by Crippen LogP contribution is 2.33. The van der Waals surface area contributed by atoms with Crippen LogP contribution in [-0.4, -0.2) is 41.2 Å². The van der Waals surface area contributed by atoms with E-state index in [0.29, 0.717) is 24.1 Å². The summed E-state index contributed by atoms with van der Waals surface area (Å²) in [6, 6.07) is 0.394. The third-order valence-corrected chi connectivity index (χ3v) is 4.01. The number of carbonyl (C=O) groups is 1. The van der Waals surface area contributed by atoms with Crippen molar-refractivity contribution in [2.75, 3.05) is 13.6 Å². The van der Waals surface area contributed by atoms with Crippen LogP contribution in [0.5, 0.6) is 0 Å². The van der Waals surface area contributed by atoms with Crippen LogP contribution in [0.2, 0.25) is 0 Å². The first-order valence-electron chi connectivity index (χ1n) is 6.44. The van der Waals surface area contributed by atoms with Crippen LogP contribution in [0.25, 0.3) is 0 Å². The molecule has 0 bridgehead atoms. The summed E-state index contributed by atoms with van der Waals surface area (Å²) in [5.74, 6) is 0.398. The van der Waals surface area contributed by atoms with Crippen LogP contribution in [-0.2, 0) is 4.79 Å². The average Bonchev–Trinajstić information content (AvgIpc) is 2.29. The quantitative estimate of drug-likeness (QED) is 0.732. The summed E-state index contributed by atoms with van der Waals surface area (Å²) in [5, 5.41) is 8.29. The zero-order valence-corrected chi connectivity index (χ0v) is 11.4. The van der Waals surface area contributed by atoms with Crippen molar-refractivity contribution in [3.05, 3.63) is 11.9 Å². The summed E-state index contributed by atoms with van der Waals surface area (Å²) in [6.07, 6.45) is 4.79. The highest BCUT2D eigenvalue weighted by atomic mass is 16.2. The van der Waals surface area contributed by atoms with Gasteiger partial charge in [-0.05, 0) is 33.1 Å². The zero-order chi connectivity index (χ0) is 13.5. The Kier molecular flexibility index (Phi) is 3.09. The summed E-state index contributed by atoms with van der Waals surface area (Å²) in [7, 11) is 1.70. The van der Waals surface area contributed by atoms with Gasteiger partial charge in [0, 0.05) is 25.8 Å². The van der Waals surface area contributed by atoms with Crippen molar-refractivity contribution in [3.63, 3.8) is 0 Å². The van der Waals surface area contributed by atoms with E-state index >= 15 is 0 Å². The summed E-state index contributed by atoms with van der Waals surface area (Å²) in [6.45, 7) is 4.46. The van der Waals surface area contributed by atoms with Gasteiger partial charge in [0.15, 0.2) is 0 Å². The number of rotatable bonds is 1. The minimum atomic E-state index is -0.485. The molecule has 0 radical (unpaired) electrons. The number of nitrogens with zero attached hydrogens (tertiary/aromatic N) is 2. The van der Waals surface area contributed by atoms with Crippen molar-refractivity contribution in [1.82, 2.24) is 9.80 Å². The monoisotopic (exact) mass is 250 g/mol. The maximum Gasteiger partial charge on any atom is 0.234 e. The van der Waals surface area contributed by atoms with Gasteiger partial charge in [-0.2, -0.15) is 0 Å². The van der Waals surface area contributed by atoms with E-state index in [0.717, 1.165) is 12.8 Å². The molecule has 0 aromatic heterocycles. The Morgan fingerprint density at radius 1 is 1.44 bits per heavy atom. The molecule has 0 atom stereocenters. The number of likely N-dealkylation sites (N-methyl/N-ethyl adjacent to an activating group) is 1. The lowest BCUT2D eigenvalue weighted by atomic mass is 9.87. The van der Waals surface area contributed by atoms with Crippen molar-refractivity contribution < 1.29 is 4.79 Å². The fourth-order valence-electron chi connectivity index (χ4n) is 2.64. The molecule has 100 valence electrons. The fourth-order valence-corrected chi connectivity index (χ4v) is 2.64. The molecule has 0 spiro atoms. The molecule has 2 rings (SSSR count). The number of amidine groups is 1. The maximum absolute atomic E-state index is 12.4. The van der Waals surface area contributed by atoms with Gasteiger partial charge in [-0.1, -0.05) is 0 Å². The van der Waals surface area contributed by atoms with Crippen LogP contribution in [0.1, 0.15) is 33.1 Å². The molecule has 5 heteroatoms. The number of carbonyl (C=O) groups excluding carboxylic acids is 1. The van der Waals surface area contributed by atoms with Gasteiger partial charge in [0.25, 0.3) is 0 Å². The van der Waals surface area contributed by atoms with E-state index in [1.165, 1.54) is 17.5 Å². The predicted molar refractivity (Wildman–Crippen MR) is 70.9 cm³/mol. The lowest BCUT2D eigenvalue weighted by Crippen LogP contribution is -2.48. The number of nitrogens with two attached hydrogens (primary N) is 1. The normalized spacial score (nSPS) is 27.4. The van der Waals surface area contributed by atoms with Crippen molar-refractivity contribution in [2.24, 2.45) is 11.1 Å². The van der Waals surface area contributed by atoms with E-state index in [1.54, 1.807) is 7.05 Å². The first-order valence-corrected chi connectivity index (χ1v) is 6.44. The summed E-state index contributed by atoms with van der Waals surface area (Å²) < 4.78 is 0. The van der Waals surface area contributed by atoms with E-state index in [2.05, 4.69) is 0 Å². The molecular formula is C13H22N4O. The first-order chi connectivity index (χ1) is 8.38. The topological polar surface area (TPSA) is 73.4 Å². The molecule has 1 aliphatic heterocycles. The molecular weight excluding hydrogens is 228 g/mol. The van der Waals surface area contributed by atoms with E-state index in [9.17, 15) is 4.79 Å². The Hall–Kier alpha value is -1.52. The van der Waals surface area contributed by atoms with E-state index in [-0.39, 0.29) is 5.91 Å². The van der Waals surface area contributed by atoms with Crippen molar-refractivity contribution in [3.8, 4) is 0 Å². The van der Waals surface area contributed by atoms with Gasteiger partial charge in [-0.25, -0.2) is 0 Å². The third kappa shape index (κ3) is 1.87. The van der Waals surface area contributed by atoms with Crippen molar-refractivity contribution >= 4 is 11.7 Å². The predicted octanol–water partition coefficient (Wildman–Crippen LogP) is 1.12. The molecule has 0 unspecified atom stereocenters. The summed E-state index contributed by atoms with van der Waals surface area (Å²) in [5.41, 5.74) is 5.63. The van der Waals surface area contributed by atoms with Crippen LogP contribution in [0.3, 0.4) is 0 Å². The van der Waals surface area contributed by atoms with Gasteiger partial charge in [-0.3, -0.25) is 10.2 Å². The van der Waals surface area contributed by atoms with Crippen molar-refractivity contribution in [2.45, 2.75) is 39.2 Å². The van der Waals surface area contributed by atoms with E-state index in [1.807, 2.05) is 18.7 Å². The van der Waals surface area contributed by atoms with Crippen LogP contribution in [0.15, 0.2) is 11.9 Å². The third-order valence-electron chi connectivity index (χ3n) is 4.01. The van der Waals surface area contributed by atoms with Crippen LogP contribution < -0.4 is 5.73 Å². The Morgan fingerprint density at radius 2 is 2.06 bits per heavy atom. The lowest BCUT2D eigenvalue weighted by molar-refractivity contribution is -0.136. The molecule has 1 aliphatic carbocycles. The second-order valence-corrected chi connectivity index (χ2v) is 5.86. The van der Waals surface area contributed by atoms with E-state index < -0.39 is 5.41 Å². The van der Waals surface area contributed by atoms with Gasteiger partial charge in [0.1, 0.15) is 11.5 Å². The summed E-state index contributed by atoms with van der Waals surface area (Å²) in [4.78, 5) is 15.9. The average molecular weight is 250 g/mol. The van der Waals surface area contributed by atoms with Crippen molar-refractivity contribution in [1.29, 1.82) is 5.41 Å². The summed E-state index contributed by atoms with van der Waals surface area (Å²) >= 11 is 0. The second-order valence-electron chi connectivity index (χ2n) is 5.86. The van der Waals surface area contributed by atoms with Gasteiger partial charge in [-0.15, -0.1) is 0 Å². The largest absolute Gasteiger partial charge is 0.403 e. The molecule has 1 saturated heterocycles. The Bertz CT molecular complexity index is 409. The smallest absolute Gasteiger partial charge is 0.234 e. The first kappa shape index (κ1) is 12.9. The molecule has 1 heterocycles. The molecule has 3 N–H and O–H groups in total. The molecule has 2 aliphatic rings. The molecule has 1 amide bonds. The lowest BCUT2D eigenvalue weighted by Gasteiger charge is -2.40. The minimum absolute atomic E-state index is 0.0192. The van der Waals surface area contributed by atoms with Gasteiger partial charge in [0.05, 0.1) is 5.41 Å². The second kappa shape index (κ2) is 4.30. The SMILES string of the molecule is CN1C(=O)C(C)(C)CN(C2CCC2)C(=N)/C1=C\N. The Labute approximate surface area is 108 Å². The van der Waals surface area contributed by atoms with Crippen LogP contribution in [0.4, 0.5) is 0 Å². The standard InChI is InChI=1S/C13H22N4O/c1-13(2)8-17(9-5-4-6-9)11(15)10(7-14)16(3)12(13)18/h7,9,15H,4-6,8,14H2,1-3H3/b10-7+,15-11?. The number of hydrogen-bond donors (Lipinski definition) is 2. The zero-order valence-electron chi connectivity index (χ0n) is 11.4. The van der Waals surface area contributed by atoms with Gasteiger partial charge >= 0.3 is 0 Å². The fraction of sp³-hybridized carbons (Fsp3) is 0.692.